The standard InChI is InChI=1S/C16H17NO4/c17-15-5-4-14(9-12(15)10-18)21-13-3-1-2-11(8-13)16-19-6-7-20-16/h1-5,8-9,16,18H,6-7,10,17H2. The second-order valence-electron chi connectivity index (χ2n) is 4.77. The fraction of sp³-hybridized carbons (Fsp3) is 0.250. The van der Waals surface area contributed by atoms with E-state index in [0.29, 0.717) is 36.0 Å². The van der Waals surface area contributed by atoms with E-state index in [4.69, 9.17) is 19.9 Å². The quantitative estimate of drug-likeness (QED) is 0.845. The van der Waals surface area contributed by atoms with Crippen molar-refractivity contribution in [2.24, 2.45) is 0 Å². The third kappa shape index (κ3) is 3.16. The van der Waals surface area contributed by atoms with Gasteiger partial charge in [0.2, 0.25) is 0 Å². The van der Waals surface area contributed by atoms with Crippen molar-refractivity contribution in [1.29, 1.82) is 0 Å². The van der Waals surface area contributed by atoms with Gasteiger partial charge in [-0.15, -0.1) is 0 Å². The topological polar surface area (TPSA) is 73.9 Å². The van der Waals surface area contributed by atoms with Crippen LogP contribution in [0.5, 0.6) is 11.5 Å². The Morgan fingerprint density at radius 2 is 1.86 bits per heavy atom. The van der Waals surface area contributed by atoms with Gasteiger partial charge in [-0.25, -0.2) is 0 Å². The van der Waals surface area contributed by atoms with Crippen LogP contribution in [-0.4, -0.2) is 18.3 Å². The highest BCUT2D eigenvalue weighted by molar-refractivity contribution is 5.51. The molecule has 5 heteroatoms. The molecule has 0 amide bonds. The van der Waals surface area contributed by atoms with E-state index in [9.17, 15) is 5.11 Å². The first-order valence-electron chi connectivity index (χ1n) is 6.76. The molecule has 0 atom stereocenters. The lowest BCUT2D eigenvalue weighted by Crippen LogP contribution is -1.98. The fourth-order valence-corrected chi connectivity index (χ4v) is 2.19. The monoisotopic (exact) mass is 287 g/mol. The molecule has 0 aromatic heterocycles. The summed E-state index contributed by atoms with van der Waals surface area (Å²) in [7, 11) is 0. The lowest BCUT2D eigenvalue weighted by molar-refractivity contribution is -0.0442. The van der Waals surface area contributed by atoms with Gasteiger partial charge in [-0.05, 0) is 30.3 Å². The second kappa shape index (κ2) is 6.13. The number of nitrogens with two attached hydrogens (primary N) is 1. The molecular formula is C16H17NO4. The summed E-state index contributed by atoms with van der Waals surface area (Å²) in [5.41, 5.74) is 7.86. The molecule has 2 aromatic carbocycles. The summed E-state index contributed by atoms with van der Waals surface area (Å²) in [5.74, 6) is 1.30. The van der Waals surface area contributed by atoms with Gasteiger partial charge in [-0.1, -0.05) is 12.1 Å². The summed E-state index contributed by atoms with van der Waals surface area (Å²) in [5, 5.41) is 9.23. The van der Waals surface area contributed by atoms with Gasteiger partial charge < -0.3 is 25.1 Å². The summed E-state index contributed by atoms with van der Waals surface area (Å²) in [6, 6.07) is 12.8. The van der Waals surface area contributed by atoms with Crippen LogP contribution < -0.4 is 10.5 Å². The van der Waals surface area contributed by atoms with Gasteiger partial charge in [0.25, 0.3) is 0 Å². The number of hydrogen-bond acceptors (Lipinski definition) is 5. The maximum absolute atomic E-state index is 9.23. The van der Waals surface area contributed by atoms with E-state index in [1.807, 2.05) is 24.3 Å². The van der Waals surface area contributed by atoms with Crippen molar-refractivity contribution in [2.45, 2.75) is 12.9 Å². The molecule has 0 spiro atoms. The third-order valence-electron chi connectivity index (χ3n) is 3.27. The summed E-state index contributed by atoms with van der Waals surface area (Å²) in [6.45, 7) is 1.09. The van der Waals surface area contributed by atoms with Gasteiger partial charge in [0.15, 0.2) is 6.29 Å². The Morgan fingerprint density at radius 3 is 2.62 bits per heavy atom. The Hall–Kier alpha value is -2.08. The molecule has 2 aromatic rings. The molecule has 110 valence electrons. The predicted octanol–water partition coefficient (Wildman–Crippen LogP) is 2.60. The lowest BCUT2D eigenvalue weighted by atomic mass is 10.2. The summed E-state index contributed by atoms with van der Waals surface area (Å²) in [4.78, 5) is 0. The maximum atomic E-state index is 9.23. The van der Waals surface area contributed by atoms with E-state index in [1.165, 1.54) is 0 Å². The Labute approximate surface area is 122 Å². The summed E-state index contributed by atoms with van der Waals surface area (Å²) < 4.78 is 16.7. The van der Waals surface area contributed by atoms with E-state index in [1.54, 1.807) is 18.2 Å². The number of anilines is 1. The van der Waals surface area contributed by atoms with Crippen LogP contribution in [-0.2, 0) is 16.1 Å². The number of ether oxygens (including phenoxy) is 3. The molecular weight excluding hydrogens is 270 g/mol. The molecule has 5 nitrogen and oxygen atoms in total. The van der Waals surface area contributed by atoms with Crippen LogP contribution in [0.3, 0.4) is 0 Å². The first-order chi connectivity index (χ1) is 10.3. The van der Waals surface area contributed by atoms with Crippen molar-refractivity contribution in [3.8, 4) is 11.5 Å². The Morgan fingerprint density at radius 1 is 1.10 bits per heavy atom. The number of benzene rings is 2. The zero-order chi connectivity index (χ0) is 14.7. The van der Waals surface area contributed by atoms with Gasteiger partial charge in [0.05, 0.1) is 19.8 Å². The highest BCUT2D eigenvalue weighted by Gasteiger charge is 2.18. The number of hydrogen-bond donors (Lipinski definition) is 2. The molecule has 1 fully saturated rings. The van der Waals surface area contributed by atoms with Gasteiger partial charge in [-0.2, -0.15) is 0 Å². The van der Waals surface area contributed by atoms with Gasteiger partial charge in [0.1, 0.15) is 11.5 Å². The van der Waals surface area contributed by atoms with Crippen molar-refractivity contribution in [3.63, 3.8) is 0 Å². The fourth-order valence-electron chi connectivity index (χ4n) is 2.19. The van der Waals surface area contributed by atoms with Crippen LogP contribution >= 0.6 is 0 Å². The lowest BCUT2D eigenvalue weighted by Gasteiger charge is -2.12. The van der Waals surface area contributed by atoms with Gasteiger partial charge in [0, 0.05) is 16.8 Å². The molecule has 1 aliphatic rings. The van der Waals surface area contributed by atoms with E-state index in [2.05, 4.69) is 0 Å². The zero-order valence-electron chi connectivity index (χ0n) is 11.5. The predicted molar refractivity (Wildman–Crippen MR) is 77.9 cm³/mol. The van der Waals surface area contributed by atoms with E-state index >= 15 is 0 Å². The van der Waals surface area contributed by atoms with Crippen molar-refractivity contribution in [2.75, 3.05) is 18.9 Å². The van der Waals surface area contributed by atoms with Crippen molar-refractivity contribution >= 4 is 5.69 Å². The molecule has 1 saturated heterocycles. The molecule has 0 radical (unpaired) electrons. The van der Waals surface area contributed by atoms with Crippen LogP contribution in [0, 0.1) is 0 Å². The molecule has 21 heavy (non-hydrogen) atoms. The minimum Gasteiger partial charge on any atom is -0.457 e. The largest absolute Gasteiger partial charge is 0.457 e. The molecule has 1 heterocycles. The van der Waals surface area contributed by atoms with Gasteiger partial charge >= 0.3 is 0 Å². The highest BCUT2D eigenvalue weighted by atomic mass is 16.7. The van der Waals surface area contributed by atoms with Crippen molar-refractivity contribution in [3.05, 3.63) is 53.6 Å². The molecule has 0 unspecified atom stereocenters. The van der Waals surface area contributed by atoms with Gasteiger partial charge in [-0.3, -0.25) is 0 Å². The minimum absolute atomic E-state index is 0.118. The number of nitrogen functional groups attached to an aromatic ring is 1. The normalized spacial score (nSPS) is 15.3. The number of rotatable bonds is 4. The van der Waals surface area contributed by atoms with Crippen LogP contribution in [0.25, 0.3) is 0 Å². The van der Waals surface area contributed by atoms with E-state index in [-0.39, 0.29) is 12.9 Å². The Balaban J connectivity index is 1.79. The highest BCUT2D eigenvalue weighted by Crippen LogP contribution is 2.29. The second-order valence-corrected chi connectivity index (χ2v) is 4.77. The van der Waals surface area contributed by atoms with Crippen molar-refractivity contribution in [1.82, 2.24) is 0 Å². The zero-order valence-corrected chi connectivity index (χ0v) is 11.5. The van der Waals surface area contributed by atoms with Crippen LogP contribution in [0.1, 0.15) is 17.4 Å². The SMILES string of the molecule is Nc1ccc(Oc2cccc(C3OCCO3)c2)cc1CO. The molecule has 0 aliphatic carbocycles. The summed E-state index contributed by atoms with van der Waals surface area (Å²) >= 11 is 0. The molecule has 1 aliphatic heterocycles. The first-order valence-corrected chi connectivity index (χ1v) is 6.76. The Kier molecular flexibility index (Phi) is 4.06. The smallest absolute Gasteiger partial charge is 0.184 e. The third-order valence-corrected chi connectivity index (χ3v) is 3.27. The minimum atomic E-state index is -0.326. The molecule has 3 rings (SSSR count). The number of aliphatic hydroxyl groups excluding tert-OH is 1. The Bertz CT molecular complexity index is 623. The van der Waals surface area contributed by atoms with Crippen molar-refractivity contribution < 1.29 is 19.3 Å². The molecule has 0 saturated carbocycles. The molecule has 3 N–H and O–H groups in total. The van der Waals surface area contributed by atoms with Crippen LogP contribution in [0.15, 0.2) is 42.5 Å². The number of aliphatic hydroxyl groups is 1. The first kappa shape index (κ1) is 13.9. The molecule has 0 bridgehead atoms. The van der Waals surface area contributed by atoms with E-state index in [0.717, 1.165) is 5.56 Å². The van der Waals surface area contributed by atoms with Crippen LogP contribution in [0.2, 0.25) is 0 Å². The average Bonchev–Trinajstić information content (AvgIpc) is 3.04. The van der Waals surface area contributed by atoms with E-state index < -0.39 is 0 Å². The van der Waals surface area contributed by atoms with Crippen LogP contribution in [0.4, 0.5) is 5.69 Å². The maximum Gasteiger partial charge on any atom is 0.184 e. The summed E-state index contributed by atoms with van der Waals surface area (Å²) in [6.07, 6.45) is -0.326. The average molecular weight is 287 g/mol.